The summed E-state index contributed by atoms with van der Waals surface area (Å²) >= 11 is 0. The fourth-order valence-corrected chi connectivity index (χ4v) is 1.06. The number of rotatable bonds is 6. The number of ether oxygens (including phenoxy) is 1. The van der Waals surface area contributed by atoms with Crippen LogP contribution in [0.25, 0.3) is 0 Å². The van der Waals surface area contributed by atoms with Gasteiger partial charge in [0.15, 0.2) is 0 Å². The van der Waals surface area contributed by atoms with Crippen molar-refractivity contribution in [3.8, 4) is 6.01 Å². The maximum absolute atomic E-state index is 5.38. The van der Waals surface area contributed by atoms with Gasteiger partial charge < -0.3 is 9.64 Å². The first kappa shape index (κ1) is 13.4. The summed E-state index contributed by atoms with van der Waals surface area (Å²) in [5.41, 5.74) is 2.41. The van der Waals surface area contributed by atoms with Crippen LogP contribution >= 0.6 is 0 Å². The van der Waals surface area contributed by atoms with E-state index in [-0.39, 0.29) is 12.1 Å². The van der Waals surface area contributed by atoms with E-state index in [9.17, 15) is 0 Å². The lowest BCUT2D eigenvalue weighted by Gasteiger charge is -2.21. The molecule has 7 nitrogen and oxygen atoms in total. The molecule has 0 aliphatic heterocycles. The van der Waals surface area contributed by atoms with E-state index < -0.39 is 0 Å². The monoisotopic (exact) mass is 240 g/mol. The fourth-order valence-electron chi connectivity index (χ4n) is 1.06. The number of aromatic nitrogens is 3. The highest BCUT2D eigenvalue weighted by molar-refractivity contribution is 5.37. The van der Waals surface area contributed by atoms with E-state index in [4.69, 9.17) is 10.6 Å². The molecule has 96 valence electrons. The van der Waals surface area contributed by atoms with Gasteiger partial charge in [-0.15, -0.1) is 0 Å². The topological polar surface area (TPSA) is 89.2 Å². The number of hydrogen-bond acceptors (Lipinski definition) is 7. The molecule has 0 saturated carbocycles. The number of nitrogen functional groups attached to an aromatic ring is 1. The quantitative estimate of drug-likeness (QED) is 0.561. The van der Waals surface area contributed by atoms with E-state index in [1.807, 2.05) is 32.7 Å². The third-order valence-electron chi connectivity index (χ3n) is 2.26. The minimum Gasteiger partial charge on any atom is -0.463 e. The van der Waals surface area contributed by atoms with Gasteiger partial charge in [-0.2, -0.15) is 15.0 Å². The first-order valence-corrected chi connectivity index (χ1v) is 5.66. The summed E-state index contributed by atoms with van der Waals surface area (Å²) in [5, 5.41) is 0. The Balaban J connectivity index is 2.96. The van der Waals surface area contributed by atoms with Gasteiger partial charge in [0.2, 0.25) is 11.9 Å². The van der Waals surface area contributed by atoms with Crippen LogP contribution in [0.15, 0.2) is 0 Å². The summed E-state index contributed by atoms with van der Waals surface area (Å²) < 4.78 is 5.38. The average Bonchev–Trinajstić information content (AvgIpc) is 2.34. The van der Waals surface area contributed by atoms with Crippen LogP contribution in [0.1, 0.15) is 27.2 Å². The van der Waals surface area contributed by atoms with Gasteiger partial charge in [-0.05, 0) is 20.3 Å². The van der Waals surface area contributed by atoms with Crippen molar-refractivity contribution in [2.45, 2.75) is 33.2 Å². The molecule has 0 atom stereocenters. The van der Waals surface area contributed by atoms with Crippen molar-refractivity contribution in [2.75, 3.05) is 24.0 Å². The Kier molecular flexibility index (Phi) is 4.89. The van der Waals surface area contributed by atoms with Crippen LogP contribution in [0.2, 0.25) is 0 Å². The summed E-state index contributed by atoms with van der Waals surface area (Å²) in [5.74, 6) is 6.15. The summed E-state index contributed by atoms with van der Waals surface area (Å²) in [4.78, 5) is 14.3. The largest absolute Gasteiger partial charge is 0.463 e. The number of anilines is 2. The van der Waals surface area contributed by atoms with Crippen LogP contribution in [0.4, 0.5) is 11.9 Å². The second-order valence-electron chi connectivity index (χ2n) is 3.94. The molecule has 7 heteroatoms. The molecule has 1 aromatic rings. The van der Waals surface area contributed by atoms with Gasteiger partial charge >= 0.3 is 6.01 Å². The normalized spacial score (nSPS) is 10.5. The van der Waals surface area contributed by atoms with Gasteiger partial charge in [0.25, 0.3) is 0 Å². The second-order valence-corrected chi connectivity index (χ2v) is 3.94. The molecule has 0 fully saturated rings. The van der Waals surface area contributed by atoms with Crippen molar-refractivity contribution in [1.82, 2.24) is 15.0 Å². The fraction of sp³-hybridized carbons (Fsp3) is 0.700. The smallest absolute Gasteiger partial charge is 0.323 e. The molecule has 3 N–H and O–H groups in total. The number of nitrogens with one attached hydrogen (secondary N) is 1. The molecule has 1 rings (SSSR count). The standard InChI is InChI=1S/C10H20N6O/c1-5-6-17-10-13-8(15-11)12-9(14-10)16(4)7(2)3/h7H,5-6,11H2,1-4H3,(H,12,13,14,15). The maximum atomic E-state index is 5.38. The summed E-state index contributed by atoms with van der Waals surface area (Å²) in [6.07, 6.45) is 0.895. The lowest BCUT2D eigenvalue weighted by Crippen LogP contribution is -2.28. The molecule has 0 bridgehead atoms. The van der Waals surface area contributed by atoms with Gasteiger partial charge in [-0.3, -0.25) is 5.43 Å². The highest BCUT2D eigenvalue weighted by Crippen LogP contribution is 2.15. The van der Waals surface area contributed by atoms with E-state index in [1.54, 1.807) is 0 Å². The Morgan fingerprint density at radius 2 is 2.06 bits per heavy atom. The summed E-state index contributed by atoms with van der Waals surface area (Å²) in [6.45, 7) is 6.68. The van der Waals surface area contributed by atoms with Crippen molar-refractivity contribution in [3.63, 3.8) is 0 Å². The predicted molar refractivity (Wildman–Crippen MR) is 67.0 cm³/mol. The molecule has 0 unspecified atom stereocenters. The van der Waals surface area contributed by atoms with E-state index >= 15 is 0 Å². The van der Waals surface area contributed by atoms with Crippen molar-refractivity contribution >= 4 is 11.9 Å². The van der Waals surface area contributed by atoms with Gasteiger partial charge in [-0.1, -0.05) is 6.92 Å². The highest BCUT2D eigenvalue weighted by Gasteiger charge is 2.12. The SMILES string of the molecule is CCCOc1nc(NN)nc(N(C)C(C)C)n1. The Morgan fingerprint density at radius 1 is 1.35 bits per heavy atom. The number of hydrazine groups is 1. The van der Waals surface area contributed by atoms with E-state index in [0.29, 0.717) is 18.5 Å². The number of hydrogen-bond donors (Lipinski definition) is 2. The minimum atomic E-state index is 0.280. The van der Waals surface area contributed by atoms with Gasteiger partial charge in [-0.25, -0.2) is 5.84 Å². The van der Waals surface area contributed by atoms with Crippen LogP contribution in [-0.4, -0.2) is 34.6 Å². The van der Waals surface area contributed by atoms with Crippen LogP contribution < -0.4 is 20.9 Å². The first-order chi connectivity index (χ1) is 8.08. The zero-order valence-electron chi connectivity index (χ0n) is 10.8. The highest BCUT2D eigenvalue weighted by atomic mass is 16.5. The molecular weight excluding hydrogens is 220 g/mol. The van der Waals surface area contributed by atoms with E-state index in [2.05, 4.69) is 20.4 Å². The van der Waals surface area contributed by atoms with Crippen molar-refractivity contribution < 1.29 is 4.74 Å². The maximum Gasteiger partial charge on any atom is 0.323 e. The van der Waals surface area contributed by atoms with Crippen LogP contribution in [0.5, 0.6) is 6.01 Å². The van der Waals surface area contributed by atoms with Crippen molar-refractivity contribution in [2.24, 2.45) is 5.84 Å². The van der Waals surface area contributed by atoms with Crippen LogP contribution in [0, 0.1) is 0 Å². The van der Waals surface area contributed by atoms with E-state index in [1.165, 1.54) is 0 Å². The molecule has 0 amide bonds. The number of nitrogens with two attached hydrogens (primary N) is 1. The number of nitrogens with zero attached hydrogens (tertiary/aromatic N) is 4. The van der Waals surface area contributed by atoms with Gasteiger partial charge in [0.05, 0.1) is 6.61 Å². The molecule has 0 aliphatic carbocycles. The molecule has 0 aliphatic rings. The Hall–Kier alpha value is -1.63. The summed E-state index contributed by atoms with van der Waals surface area (Å²) in [6, 6.07) is 0.569. The van der Waals surface area contributed by atoms with Crippen LogP contribution in [-0.2, 0) is 0 Å². The Labute approximate surface area is 101 Å². The predicted octanol–water partition coefficient (Wildman–Crippen LogP) is 0.791. The third-order valence-corrected chi connectivity index (χ3v) is 2.26. The molecule has 0 spiro atoms. The molecule has 1 heterocycles. The first-order valence-electron chi connectivity index (χ1n) is 5.66. The van der Waals surface area contributed by atoms with Crippen molar-refractivity contribution in [3.05, 3.63) is 0 Å². The zero-order valence-corrected chi connectivity index (χ0v) is 10.8. The zero-order chi connectivity index (χ0) is 12.8. The Bertz CT molecular complexity index is 357. The minimum absolute atomic E-state index is 0.280. The molecule has 17 heavy (non-hydrogen) atoms. The third kappa shape index (κ3) is 3.70. The van der Waals surface area contributed by atoms with Gasteiger partial charge in [0.1, 0.15) is 0 Å². The van der Waals surface area contributed by atoms with Crippen LogP contribution in [0.3, 0.4) is 0 Å². The molecule has 0 radical (unpaired) electrons. The van der Waals surface area contributed by atoms with Gasteiger partial charge in [0, 0.05) is 13.1 Å². The second kappa shape index (κ2) is 6.19. The molecular formula is C10H20N6O. The lowest BCUT2D eigenvalue weighted by molar-refractivity contribution is 0.291. The van der Waals surface area contributed by atoms with E-state index in [0.717, 1.165) is 6.42 Å². The van der Waals surface area contributed by atoms with Crippen molar-refractivity contribution in [1.29, 1.82) is 0 Å². The molecule has 1 aromatic heterocycles. The lowest BCUT2D eigenvalue weighted by atomic mass is 10.4. The Morgan fingerprint density at radius 3 is 2.59 bits per heavy atom. The average molecular weight is 240 g/mol. The molecule has 0 aromatic carbocycles. The summed E-state index contributed by atoms with van der Waals surface area (Å²) in [7, 11) is 1.91. The molecule has 0 saturated heterocycles.